The maximum absolute atomic E-state index is 11.0. The largest absolute Gasteiger partial charge is 0.459 e. The fourth-order valence-electron chi connectivity index (χ4n) is 0.756. The van der Waals surface area contributed by atoms with Gasteiger partial charge in [-0.3, -0.25) is 9.59 Å². The van der Waals surface area contributed by atoms with E-state index in [0.29, 0.717) is 6.54 Å². The summed E-state index contributed by atoms with van der Waals surface area (Å²) >= 11 is 0. The summed E-state index contributed by atoms with van der Waals surface area (Å²) in [7, 11) is 0. The van der Waals surface area contributed by atoms with Crippen molar-refractivity contribution >= 4 is 17.8 Å². The number of esters is 1. The Morgan fingerprint density at radius 1 is 1.13 bits per heavy atom. The molecule has 6 heteroatoms. The molecular weight excluding hydrogens is 200 g/mol. The molecule has 2 N–H and O–H groups in total. The van der Waals surface area contributed by atoms with Crippen LogP contribution < -0.4 is 10.6 Å². The zero-order valence-electron chi connectivity index (χ0n) is 8.96. The smallest absolute Gasteiger partial charge is 0.396 e. The predicted molar refractivity (Wildman–Crippen MR) is 52.9 cm³/mol. The Morgan fingerprint density at radius 2 is 1.80 bits per heavy atom. The molecule has 0 bridgehead atoms. The van der Waals surface area contributed by atoms with E-state index in [1.54, 1.807) is 6.92 Å². The van der Waals surface area contributed by atoms with E-state index in [2.05, 4.69) is 15.4 Å². The molecule has 0 saturated heterocycles. The van der Waals surface area contributed by atoms with Crippen molar-refractivity contribution in [1.82, 2.24) is 10.6 Å². The van der Waals surface area contributed by atoms with Crippen LogP contribution in [0.15, 0.2) is 0 Å². The number of hydrogen-bond acceptors (Lipinski definition) is 4. The number of amides is 2. The Balaban J connectivity index is 3.70. The van der Waals surface area contributed by atoms with Crippen LogP contribution in [0.1, 0.15) is 20.3 Å². The lowest BCUT2D eigenvalue weighted by Crippen LogP contribution is -2.40. The summed E-state index contributed by atoms with van der Waals surface area (Å²) in [5, 5.41) is 4.70. The average Bonchev–Trinajstić information content (AvgIpc) is 2.23. The maximum atomic E-state index is 11.0. The van der Waals surface area contributed by atoms with Crippen LogP contribution in [0, 0.1) is 0 Å². The molecule has 0 rings (SSSR count). The highest BCUT2D eigenvalue weighted by Gasteiger charge is 2.14. The van der Waals surface area contributed by atoms with Crippen LogP contribution in [0.25, 0.3) is 0 Å². The Morgan fingerprint density at radius 3 is 2.33 bits per heavy atom. The van der Waals surface area contributed by atoms with E-state index >= 15 is 0 Å². The molecule has 0 aromatic heterocycles. The summed E-state index contributed by atoms with van der Waals surface area (Å²) in [6.07, 6.45) is 0.817. The fraction of sp³-hybridized carbons (Fsp3) is 0.667. The van der Waals surface area contributed by atoms with Gasteiger partial charge in [-0.05, 0) is 13.3 Å². The van der Waals surface area contributed by atoms with Crippen molar-refractivity contribution < 1.29 is 19.1 Å². The Labute approximate surface area is 88.4 Å². The Kier molecular flexibility index (Phi) is 6.96. The first-order valence-corrected chi connectivity index (χ1v) is 4.83. The minimum atomic E-state index is -0.971. The summed E-state index contributed by atoms with van der Waals surface area (Å²) in [6.45, 7) is 3.98. The van der Waals surface area contributed by atoms with Crippen LogP contribution in [0.5, 0.6) is 0 Å². The number of rotatable bonds is 5. The van der Waals surface area contributed by atoms with Gasteiger partial charge in [0.15, 0.2) is 0 Å². The zero-order valence-corrected chi connectivity index (χ0v) is 8.96. The summed E-state index contributed by atoms with van der Waals surface area (Å²) < 4.78 is 4.43. The van der Waals surface area contributed by atoms with E-state index in [-0.39, 0.29) is 19.1 Å². The number of hydrogen-bond donors (Lipinski definition) is 2. The lowest BCUT2D eigenvalue weighted by atomic mass is 10.4. The summed E-state index contributed by atoms with van der Waals surface area (Å²) in [5.74, 6) is -2.20. The van der Waals surface area contributed by atoms with Gasteiger partial charge in [0, 0.05) is 6.54 Å². The van der Waals surface area contributed by atoms with E-state index < -0.39 is 11.9 Å². The second-order valence-electron chi connectivity index (χ2n) is 2.75. The van der Waals surface area contributed by atoms with Gasteiger partial charge >= 0.3 is 11.9 Å². The van der Waals surface area contributed by atoms with Crippen molar-refractivity contribution in [3.05, 3.63) is 0 Å². The third-order valence-electron chi connectivity index (χ3n) is 1.44. The van der Waals surface area contributed by atoms with Gasteiger partial charge in [-0.15, -0.1) is 0 Å². The molecule has 0 radical (unpaired) electrons. The molecule has 2 amide bonds. The summed E-state index contributed by atoms with van der Waals surface area (Å²) in [5.41, 5.74) is 0. The summed E-state index contributed by atoms with van der Waals surface area (Å²) in [6, 6.07) is 0. The van der Waals surface area contributed by atoms with Gasteiger partial charge in [0.1, 0.15) is 0 Å². The highest BCUT2D eigenvalue weighted by Crippen LogP contribution is 1.78. The lowest BCUT2D eigenvalue weighted by Gasteiger charge is -2.05. The lowest BCUT2D eigenvalue weighted by molar-refractivity contribution is -0.154. The van der Waals surface area contributed by atoms with Gasteiger partial charge in [0.2, 0.25) is 5.91 Å². The molecule has 0 aromatic rings. The van der Waals surface area contributed by atoms with Crippen LogP contribution in [0.4, 0.5) is 0 Å². The molecule has 0 aliphatic rings. The number of ether oxygens (including phenoxy) is 1. The molecule has 0 aliphatic carbocycles. The number of carbonyl (C=O) groups is 3. The topological polar surface area (TPSA) is 84.5 Å². The molecule has 0 fully saturated rings. The minimum Gasteiger partial charge on any atom is -0.459 e. The third kappa shape index (κ3) is 6.48. The molecule has 0 heterocycles. The second kappa shape index (κ2) is 7.78. The van der Waals surface area contributed by atoms with E-state index in [0.717, 1.165) is 6.42 Å². The number of nitrogens with one attached hydrogen (secondary N) is 2. The van der Waals surface area contributed by atoms with Gasteiger partial charge in [0.25, 0.3) is 0 Å². The molecule has 0 unspecified atom stereocenters. The van der Waals surface area contributed by atoms with Gasteiger partial charge < -0.3 is 15.4 Å². The van der Waals surface area contributed by atoms with Gasteiger partial charge in [-0.2, -0.15) is 0 Å². The molecule has 86 valence electrons. The van der Waals surface area contributed by atoms with E-state index in [4.69, 9.17) is 0 Å². The monoisotopic (exact) mass is 216 g/mol. The molecule has 0 aromatic carbocycles. The van der Waals surface area contributed by atoms with Gasteiger partial charge in [-0.1, -0.05) is 6.92 Å². The predicted octanol–water partition coefficient (Wildman–Crippen LogP) is -0.808. The fourth-order valence-corrected chi connectivity index (χ4v) is 0.756. The summed E-state index contributed by atoms with van der Waals surface area (Å²) in [4.78, 5) is 32.8. The van der Waals surface area contributed by atoms with Gasteiger partial charge in [0.05, 0.1) is 13.2 Å². The highest BCUT2D eigenvalue weighted by atomic mass is 16.5. The first-order valence-electron chi connectivity index (χ1n) is 4.83. The second-order valence-corrected chi connectivity index (χ2v) is 2.75. The van der Waals surface area contributed by atoms with E-state index in [9.17, 15) is 14.4 Å². The zero-order chi connectivity index (χ0) is 11.7. The van der Waals surface area contributed by atoms with Crippen LogP contribution in [-0.4, -0.2) is 37.5 Å². The third-order valence-corrected chi connectivity index (χ3v) is 1.44. The van der Waals surface area contributed by atoms with Crippen molar-refractivity contribution in [2.75, 3.05) is 19.7 Å². The van der Waals surface area contributed by atoms with Crippen molar-refractivity contribution in [2.24, 2.45) is 0 Å². The van der Waals surface area contributed by atoms with E-state index in [1.165, 1.54) is 0 Å². The standard InChI is InChI=1S/C9H16N2O4/c1-3-5-10-7(12)6-11-8(13)9(14)15-4-2/h3-6H2,1-2H3,(H,10,12)(H,11,13). The quantitative estimate of drug-likeness (QED) is 0.465. The van der Waals surface area contributed by atoms with Crippen molar-refractivity contribution in [2.45, 2.75) is 20.3 Å². The van der Waals surface area contributed by atoms with Crippen LogP contribution >= 0.6 is 0 Å². The van der Waals surface area contributed by atoms with Crippen LogP contribution in [0.2, 0.25) is 0 Å². The van der Waals surface area contributed by atoms with E-state index in [1.807, 2.05) is 6.92 Å². The molecule has 0 atom stereocenters. The molecule has 0 aliphatic heterocycles. The van der Waals surface area contributed by atoms with Crippen molar-refractivity contribution in [3.63, 3.8) is 0 Å². The molecule has 6 nitrogen and oxygen atoms in total. The minimum absolute atomic E-state index is 0.133. The van der Waals surface area contributed by atoms with Gasteiger partial charge in [-0.25, -0.2) is 4.79 Å². The van der Waals surface area contributed by atoms with Crippen LogP contribution in [0.3, 0.4) is 0 Å². The molecule has 0 spiro atoms. The molecule has 15 heavy (non-hydrogen) atoms. The molecular formula is C9H16N2O4. The molecule has 0 saturated carbocycles. The first kappa shape index (κ1) is 13.4. The van der Waals surface area contributed by atoms with Crippen LogP contribution in [-0.2, 0) is 19.1 Å². The Hall–Kier alpha value is -1.59. The normalized spacial score (nSPS) is 9.20. The Bertz CT molecular complexity index is 240. The number of carbonyl (C=O) groups excluding carboxylic acids is 3. The average molecular weight is 216 g/mol. The first-order chi connectivity index (χ1) is 7.11. The van der Waals surface area contributed by atoms with Crippen molar-refractivity contribution in [1.29, 1.82) is 0 Å². The van der Waals surface area contributed by atoms with Crippen molar-refractivity contribution in [3.8, 4) is 0 Å². The highest BCUT2D eigenvalue weighted by molar-refractivity contribution is 6.32. The SMILES string of the molecule is CCCNC(=O)CNC(=O)C(=O)OCC. The maximum Gasteiger partial charge on any atom is 0.396 e.